The highest BCUT2D eigenvalue weighted by Crippen LogP contribution is 2.25. The average molecular weight is 580 g/mol. The smallest absolute Gasteiger partial charge is 0.0773 e. The van der Waals surface area contributed by atoms with Gasteiger partial charge in [0.15, 0.2) is 0 Å². The molecule has 0 N–H and O–H groups in total. The van der Waals surface area contributed by atoms with Crippen molar-refractivity contribution in [3.05, 3.63) is 33.9 Å². The van der Waals surface area contributed by atoms with Crippen LogP contribution in [0, 0.1) is 20.8 Å². The summed E-state index contributed by atoms with van der Waals surface area (Å²) in [6.07, 6.45) is 0.363. The zero-order chi connectivity index (χ0) is 17.4. The van der Waals surface area contributed by atoms with Crippen LogP contribution in [0.15, 0.2) is 6.07 Å². The first-order valence-corrected chi connectivity index (χ1v) is 12.0. The summed E-state index contributed by atoms with van der Waals surface area (Å²) in [6.45, 7) is 7.74. The third-order valence-corrected chi connectivity index (χ3v) is 6.79. The molecule has 0 atom stereocenters. The van der Waals surface area contributed by atoms with Gasteiger partial charge in [-0.2, -0.15) is 0 Å². The number of halogens is 4. The number of aryl methyl sites for hydroxylation is 2. The van der Waals surface area contributed by atoms with Crippen LogP contribution in [0.1, 0.15) is 27.8 Å². The highest BCUT2D eigenvalue weighted by atomic mass is 79.9. The molecule has 23 heavy (non-hydrogen) atoms. The number of alkyl halides is 4. The van der Waals surface area contributed by atoms with Gasteiger partial charge in [0, 0.05) is 21.3 Å². The van der Waals surface area contributed by atoms with Gasteiger partial charge in [0.25, 0.3) is 0 Å². The third kappa shape index (κ3) is 6.70. The lowest BCUT2D eigenvalue weighted by atomic mass is 9.94. The van der Waals surface area contributed by atoms with Crippen molar-refractivity contribution in [3.8, 4) is 0 Å². The summed E-state index contributed by atoms with van der Waals surface area (Å²) in [5, 5.41) is 3.32. The molecular weight excluding hydrogens is 556 g/mol. The summed E-state index contributed by atoms with van der Waals surface area (Å²) in [5.74, 6) is 0. The number of hydrogen-bond donors (Lipinski definition) is 0. The average Bonchev–Trinajstić information content (AvgIpc) is 2.54. The quantitative estimate of drug-likeness (QED) is 0.319. The van der Waals surface area contributed by atoms with Crippen LogP contribution in [0.5, 0.6) is 0 Å². The molecule has 2 nitrogen and oxygen atoms in total. The minimum Gasteiger partial charge on any atom is -0.372 e. The van der Waals surface area contributed by atoms with E-state index in [9.17, 15) is 0 Å². The first kappa shape index (κ1) is 22.1. The lowest BCUT2D eigenvalue weighted by Crippen LogP contribution is -2.18. The van der Waals surface area contributed by atoms with Gasteiger partial charge in [-0.25, -0.2) is 0 Å². The van der Waals surface area contributed by atoms with Crippen molar-refractivity contribution in [2.24, 2.45) is 0 Å². The van der Waals surface area contributed by atoms with E-state index in [1.165, 1.54) is 27.8 Å². The first-order chi connectivity index (χ1) is 11.0. The molecule has 0 saturated heterocycles. The van der Waals surface area contributed by atoms with Crippen LogP contribution in [-0.2, 0) is 22.7 Å². The van der Waals surface area contributed by atoms with Crippen LogP contribution in [0.25, 0.3) is 0 Å². The maximum absolute atomic E-state index is 6.00. The molecule has 132 valence electrons. The molecule has 1 rings (SSSR count). The van der Waals surface area contributed by atoms with E-state index in [0.717, 1.165) is 21.3 Å². The van der Waals surface area contributed by atoms with Crippen molar-refractivity contribution in [3.63, 3.8) is 0 Å². The Morgan fingerprint density at radius 2 is 1.09 bits per heavy atom. The molecular formula is C17H24Br4O2. The van der Waals surface area contributed by atoms with Gasteiger partial charge in [-0.05, 0) is 48.6 Å². The Hall–Kier alpha value is 1.06. The van der Waals surface area contributed by atoms with Gasteiger partial charge in [-0.3, -0.25) is 0 Å². The summed E-state index contributed by atoms with van der Waals surface area (Å²) >= 11 is 13.9. The Morgan fingerprint density at radius 1 is 0.739 bits per heavy atom. The topological polar surface area (TPSA) is 18.5 Å². The molecule has 0 aliphatic heterocycles. The molecule has 1 aromatic rings. The van der Waals surface area contributed by atoms with Crippen LogP contribution < -0.4 is 0 Å². The molecule has 6 heteroatoms. The largest absolute Gasteiger partial charge is 0.372 e. The van der Waals surface area contributed by atoms with Gasteiger partial charge in [0.2, 0.25) is 0 Å². The Balaban J connectivity index is 2.93. The van der Waals surface area contributed by atoms with Crippen molar-refractivity contribution in [1.82, 2.24) is 0 Å². The van der Waals surface area contributed by atoms with Gasteiger partial charge < -0.3 is 9.47 Å². The molecule has 0 radical (unpaired) electrons. The second-order valence-corrected chi connectivity index (χ2v) is 8.17. The van der Waals surface area contributed by atoms with Crippen molar-refractivity contribution >= 4 is 63.7 Å². The highest BCUT2D eigenvalue weighted by molar-refractivity contribution is 9.10. The zero-order valence-electron chi connectivity index (χ0n) is 13.8. The van der Waals surface area contributed by atoms with E-state index in [-0.39, 0.29) is 12.2 Å². The number of hydrogen-bond acceptors (Lipinski definition) is 2. The molecule has 0 amide bonds. The van der Waals surface area contributed by atoms with E-state index < -0.39 is 0 Å². The maximum Gasteiger partial charge on any atom is 0.0773 e. The highest BCUT2D eigenvalue weighted by Gasteiger charge is 2.15. The van der Waals surface area contributed by atoms with Gasteiger partial charge >= 0.3 is 0 Å². The molecule has 0 unspecified atom stereocenters. The Kier molecular flexibility index (Phi) is 11.2. The van der Waals surface area contributed by atoms with E-state index >= 15 is 0 Å². The molecule has 0 fully saturated rings. The normalized spacial score (nSPS) is 11.7. The van der Waals surface area contributed by atoms with Crippen molar-refractivity contribution in [2.45, 2.75) is 46.2 Å². The molecule has 0 saturated carbocycles. The Morgan fingerprint density at radius 3 is 1.39 bits per heavy atom. The van der Waals surface area contributed by atoms with E-state index in [4.69, 9.17) is 9.47 Å². The second-order valence-electron chi connectivity index (χ2n) is 5.58. The van der Waals surface area contributed by atoms with Gasteiger partial charge in [0.05, 0.1) is 25.4 Å². The zero-order valence-corrected chi connectivity index (χ0v) is 20.1. The van der Waals surface area contributed by atoms with E-state index in [0.29, 0.717) is 13.2 Å². The summed E-state index contributed by atoms with van der Waals surface area (Å²) in [6, 6.07) is 2.24. The fourth-order valence-corrected chi connectivity index (χ4v) is 5.27. The van der Waals surface area contributed by atoms with Gasteiger partial charge in [-0.1, -0.05) is 69.8 Å². The van der Waals surface area contributed by atoms with Crippen LogP contribution in [-0.4, -0.2) is 33.5 Å². The van der Waals surface area contributed by atoms with Gasteiger partial charge in [0.1, 0.15) is 0 Å². The number of ether oxygens (including phenoxy) is 2. The second kappa shape index (κ2) is 11.6. The van der Waals surface area contributed by atoms with Crippen LogP contribution in [0.3, 0.4) is 0 Å². The van der Waals surface area contributed by atoms with Crippen LogP contribution >= 0.6 is 63.7 Å². The third-order valence-electron chi connectivity index (χ3n) is 3.91. The monoisotopic (exact) mass is 576 g/mol. The molecule has 0 aliphatic carbocycles. The summed E-state index contributed by atoms with van der Waals surface area (Å²) in [4.78, 5) is 0. The Labute approximate surface area is 173 Å². The van der Waals surface area contributed by atoms with E-state index in [1.54, 1.807) is 0 Å². The van der Waals surface area contributed by atoms with E-state index in [2.05, 4.69) is 90.6 Å². The molecule has 1 aromatic carbocycles. The van der Waals surface area contributed by atoms with Crippen LogP contribution in [0.2, 0.25) is 0 Å². The minimum atomic E-state index is 0.181. The molecule has 0 spiro atoms. The standard InChI is InChI=1S/C17H24Br4O2/c1-11-4-12(2)17(10-23-15(7-20)8-21)13(3)16(11)9-22-14(5-18)6-19/h4,14-15H,5-10H2,1-3H3. The molecule has 0 aliphatic rings. The Bertz CT molecular complexity index is 446. The SMILES string of the molecule is Cc1cc(C)c(COC(CBr)CBr)c(C)c1COC(CBr)CBr. The summed E-state index contributed by atoms with van der Waals surface area (Å²) in [5.41, 5.74) is 6.40. The summed E-state index contributed by atoms with van der Waals surface area (Å²) < 4.78 is 12.0. The molecule has 0 bridgehead atoms. The summed E-state index contributed by atoms with van der Waals surface area (Å²) in [7, 11) is 0. The predicted octanol–water partition coefficient (Wildman–Crippen LogP) is 5.96. The van der Waals surface area contributed by atoms with Crippen LogP contribution in [0.4, 0.5) is 0 Å². The number of rotatable bonds is 10. The van der Waals surface area contributed by atoms with Crippen molar-refractivity contribution < 1.29 is 9.47 Å². The fraction of sp³-hybridized carbons (Fsp3) is 0.647. The molecule has 0 aromatic heterocycles. The van der Waals surface area contributed by atoms with Crippen molar-refractivity contribution in [1.29, 1.82) is 0 Å². The lowest BCUT2D eigenvalue weighted by Gasteiger charge is -2.21. The first-order valence-electron chi connectivity index (χ1n) is 7.54. The van der Waals surface area contributed by atoms with Crippen molar-refractivity contribution in [2.75, 3.05) is 21.3 Å². The number of benzene rings is 1. The predicted molar refractivity (Wildman–Crippen MR) is 113 cm³/mol. The fourth-order valence-electron chi connectivity index (χ4n) is 2.38. The lowest BCUT2D eigenvalue weighted by molar-refractivity contribution is 0.0690. The van der Waals surface area contributed by atoms with Gasteiger partial charge in [-0.15, -0.1) is 0 Å². The maximum atomic E-state index is 6.00. The minimum absolute atomic E-state index is 0.181. The molecule has 0 heterocycles. The van der Waals surface area contributed by atoms with E-state index in [1.807, 2.05) is 0 Å².